The van der Waals surface area contributed by atoms with Crippen molar-refractivity contribution in [3.05, 3.63) is 63.5 Å². The Hall–Kier alpha value is -3.05. The fourth-order valence-corrected chi connectivity index (χ4v) is 3.87. The maximum Gasteiger partial charge on any atom is 0.269 e. The summed E-state index contributed by atoms with van der Waals surface area (Å²) in [6.07, 6.45) is 1.22. The van der Waals surface area contributed by atoms with Gasteiger partial charge < -0.3 is 5.32 Å². The number of carbonyl (C=O) groups excluding carboxylic acids is 1. The summed E-state index contributed by atoms with van der Waals surface area (Å²) in [6, 6.07) is 12.7. The molecule has 0 unspecified atom stereocenters. The molecule has 0 aliphatic rings. The Bertz CT molecular complexity index is 1270. The second-order valence-electron chi connectivity index (χ2n) is 6.05. The highest BCUT2D eigenvalue weighted by atomic mass is 79.9. The number of nitrogens with zero attached hydrogens (tertiary/aromatic N) is 6. The number of tetrazole rings is 1. The van der Waals surface area contributed by atoms with E-state index in [0.29, 0.717) is 21.9 Å². The van der Waals surface area contributed by atoms with Crippen molar-refractivity contribution in [2.75, 3.05) is 5.32 Å². The van der Waals surface area contributed by atoms with Crippen LogP contribution in [0.2, 0.25) is 0 Å². The predicted molar refractivity (Wildman–Crippen MR) is 112 cm³/mol. The van der Waals surface area contributed by atoms with Crippen molar-refractivity contribution in [1.29, 1.82) is 0 Å². The smallest absolute Gasteiger partial charge is 0.269 e. The van der Waals surface area contributed by atoms with E-state index in [1.165, 1.54) is 22.5 Å². The summed E-state index contributed by atoms with van der Waals surface area (Å²) < 4.78 is 3.75. The minimum Gasteiger partial charge on any atom is -0.323 e. The Morgan fingerprint density at radius 3 is 2.86 bits per heavy atom. The number of para-hydroxylation sites is 2. The molecule has 4 rings (SSSR count). The van der Waals surface area contributed by atoms with Crippen LogP contribution < -0.4 is 10.9 Å². The highest BCUT2D eigenvalue weighted by Crippen LogP contribution is 2.33. The fraction of sp³-hybridized carbons (Fsp3) is 0.111. The van der Waals surface area contributed by atoms with Crippen molar-refractivity contribution >= 4 is 50.3 Å². The van der Waals surface area contributed by atoms with Crippen LogP contribution in [-0.2, 0) is 18.4 Å². The highest BCUT2D eigenvalue weighted by Gasteiger charge is 2.14. The summed E-state index contributed by atoms with van der Waals surface area (Å²) in [5, 5.41) is 14.8. The average Bonchev–Trinajstić information content (AvgIpc) is 3.11. The van der Waals surface area contributed by atoms with E-state index in [4.69, 9.17) is 0 Å². The van der Waals surface area contributed by atoms with Gasteiger partial charge in [0.25, 0.3) is 5.56 Å². The standard InChI is InChI=1S/C18H14BrN7O2S/c1-25-18(22-23-24-25)29-15-7-6-11(19)8-13(15)21-16(27)10-26-14-5-3-2-4-12(14)20-9-17(26)28/h2-9H,10H2,1H3,(H,21,27). The lowest BCUT2D eigenvalue weighted by atomic mass is 10.3. The van der Waals surface area contributed by atoms with Gasteiger partial charge in [-0.2, -0.15) is 0 Å². The molecule has 29 heavy (non-hydrogen) atoms. The van der Waals surface area contributed by atoms with E-state index in [-0.39, 0.29) is 18.0 Å². The summed E-state index contributed by atoms with van der Waals surface area (Å²) in [5.41, 5.74) is 1.49. The maximum atomic E-state index is 12.7. The van der Waals surface area contributed by atoms with E-state index in [0.717, 1.165) is 9.37 Å². The minimum atomic E-state index is -0.340. The Kier molecular flexibility index (Phi) is 5.41. The molecule has 0 atom stereocenters. The van der Waals surface area contributed by atoms with E-state index in [9.17, 15) is 9.59 Å². The molecule has 0 bridgehead atoms. The van der Waals surface area contributed by atoms with E-state index in [1.807, 2.05) is 18.2 Å². The number of aryl methyl sites for hydroxylation is 1. The van der Waals surface area contributed by atoms with Gasteiger partial charge in [-0.3, -0.25) is 14.2 Å². The summed E-state index contributed by atoms with van der Waals surface area (Å²) in [7, 11) is 1.74. The minimum absolute atomic E-state index is 0.135. The second kappa shape index (κ2) is 8.13. The first-order valence-electron chi connectivity index (χ1n) is 8.45. The van der Waals surface area contributed by atoms with Crippen LogP contribution in [0.3, 0.4) is 0 Å². The number of halogens is 1. The van der Waals surface area contributed by atoms with Crippen molar-refractivity contribution in [1.82, 2.24) is 29.8 Å². The van der Waals surface area contributed by atoms with Gasteiger partial charge in [-0.05, 0) is 52.5 Å². The third-order valence-electron chi connectivity index (χ3n) is 4.05. The normalized spacial score (nSPS) is 11.0. The molecular formula is C18H14BrN7O2S. The third kappa shape index (κ3) is 4.20. The number of anilines is 1. The van der Waals surface area contributed by atoms with Gasteiger partial charge in [0.2, 0.25) is 11.1 Å². The molecule has 0 spiro atoms. The third-order valence-corrected chi connectivity index (χ3v) is 5.65. The van der Waals surface area contributed by atoms with Gasteiger partial charge in [-0.1, -0.05) is 28.1 Å². The van der Waals surface area contributed by atoms with Crippen LogP contribution in [0.1, 0.15) is 0 Å². The Morgan fingerprint density at radius 2 is 2.07 bits per heavy atom. The fourth-order valence-electron chi connectivity index (χ4n) is 2.71. The zero-order valence-corrected chi connectivity index (χ0v) is 17.5. The van der Waals surface area contributed by atoms with Crippen molar-refractivity contribution in [2.45, 2.75) is 16.6 Å². The zero-order chi connectivity index (χ0) is 20.4. The summed E-state index contributed by atoms with van der Waals surface area (Å²) in [5.74, 6) is -0.334. The average molecular weight is 472 g/mol. The SMILES string of the molecule is Cn1nnnc1Sc1ccc(Br)cc1NC(=O)Cn1c(=O)cnc2ccccc21. The van der Waals surface area contributed by atoms with Gasteiger partial charge >= 0.3 is 0 Å². The van der Waals surface area contributed by atoms with E-state index in [2.05, 4.69) is 41.8 Å². The molecule has 2 aromatic heterocycles. The largest absolute Gasteiger partial charge is 0.323 e. The Morgan fingerprint density at radius 1 is 1.24 bits per heavy atom. The molecule has 2 heterocycles. The number of nitrogens with one attached hydrogen (secondary N) is 1. The Balaban J connectivity index is 1.61. The van der Waals surface area contributed by atoms with Crippen LogP contribution in [0.4, 0.5) is 5.69 Å². The number of aromatic nitrogens is 6. The van der Waals surface area contributed by atoms with Crippen LogP contribution in [0.5, 0.6) is 0 Å². The number of hydrogen-bond acceptors (Lipinski definition) is 7. The van der Waals surface area contributed by atoms with E-state index >= 15 is 0 Å². The van der Waals surface area contributed by atoms with Crippen LogP contribution >= 0.6 is 27.7 Å². The van der Waals surface area contributed by atoms with Gasteiger partial charge in [-0.25, -0.2) is 9.67 Å². The molecule has 0 saturated carbocycles. The molecule has 1 amide bonds. The lowest BCUT2D eigenvalue weighted by Gasteiger charge is -2.13. The van der Waals surface area contributed by atoms with Crippen LogP contribution in [-0.4, -0.2) is 35.7 Å². The molecule has 0 radical (unpaired) electrons. The number of fused-ring (bicyclic) bond motifs is 1. The molecule has 1 N–H and O–H groups in total. The van der Waals surface area contributed by atoms with Gasteiger partial charge in [0.1, 0.15) is 6.54 Å². The zero-order valence-electron chi connectivity index (χ0n) is 15.1. The molecule has 11 heteroatoms. The maximum absolute atomic E-state index is 12.7. The van der Waals surface area contributed by atoms with Gasteiger partial charge in [0, 0.05) is 16.4 Å². The van der Waals surface area contributed by atoms with Crippen molar-refractivity contribution < 1.29 is 4.79 Å². The Labute approximate surface area is 177 Å². The first-order chi connectivity index (χ1) is 14.0. The number of benzene rings is 2. The lowest BCUT2D eigenvalue weighted by molar-refractivity contribution is -0.116. The molecule has 146 valence electrons. The van der Waals surface area contributed by atoms with Gasteiger partial charge in [-0.15, -0.1) is 5.10 Å². The predicted octanol–water partition coefficient (Wildman–Crippen LogP) is 2.47. The summed E-state index contributed by atoms with van der Waals surface area (Å²) in [4.78, 5) is 29.9. The van der Waals surface area contributed by atoms with Crippen molar-refractivity contribution in [2.24, 2.45) is 7.05 Å². The first-order valence-corrected chi connectivity index (χ1v) is 10.1. The molecule has 0 saturated heterocycles. The number of hydrogen-bond donors (Lipinski definition) is 1. The van der Waals surface area contributed by atoms with Crippen molar-refractivity contribution in [3.8, 4) is 0 Å². The van der Waals surface area contributed by atoms with Crippen LogP contribution in [0, 0.1) is 0 Å². The number of carbonyl (C=O) groups is 1. The van der Waals surface area contributed by atoms with Gasteiger partial charge in [0.05, 0.1) is 22.9 Å². The quantitative estimate of drug-likeness (QED) is 0.476. The number of rotatable bonds is 5. The second-order valence-corrected chi connectivity index (χ2v) is 7.97. The molecule has 0 aliphatic carbocycles. The monoisotopic (exact) mass is 471 g/mol. The van der Waals surface area contributed by atoms with Gasteiger partial charge in [0.15, 0.2) is 0 Å². The van der Waals surface area contributed by atoms with Crippen LogP contribution in [0.25, 0.3) is 11.0 Å². The topological polar surface area (TPSA) is 108 Å². The molecular weight excluding hydrogens is 458 g/mol. The van der Waals surface area contributed by atoms with Crippen molar-refractivity contribution in [3.63, 3.8) is 0 Å². The molecule has 4 aromatic rings. The first kappa shape index (κ1) is 19.3. The summed E-state index contributed by atoms with van der Waals surface area (Å²) in [6.45, 7) is -0.135. The van der Waals surface area contributed by atoms with Crippen LogP contribution in [0.15, 0.2) is 68.0 Å². The molecule has 0 fully saturated rings. The van der Waals surface area contributed by atoms with E-state index < -0.39 is 0 Å². The molecule has 2 aromatic carbocycles. The van der Waals surface area contributed by atoms with E-state index in [1.54, 1.807) is 36.0 Å². The molecule has 9 nitrogen and oxygen atoms in total. The molecule has 0 aliphatic heterocycles. The summed E-state index contributed by atoms with van der Waals surface area (Å²) >= 11 is 4.74. The highest BCUT2D eigenvalue weighted by molar-refractivity contribution is 9.10. The lowest BCUT2D eigenvalue weighted by Crippen LogP contribution is -2.28. The number of amides is 1.